The predicted octanol–water partition coefficient (Wildman–Crippen LogP) is 8.07. The van der Waals surface area contributed by atoms with Gasteiger partial charge in [0.1, 0.15) is 0 Å². The zero-order valence-corrected chi connectivity index (χ0v) is 27.2. The SMILES string of the molecule is Cc1cc(-c2ccc(N3C(=O)c4ccc(-c5ccc(N)cc5)cc4C3=O)cc2)cc(C)c1N1C(=O)c2ccc(-c3ccc(N)cc3)cc2C1=O. The number of nitrogens with two attached hydrogens (primary N) is 2. The summed E-state index contributed by atoms with van der Waals surface area (Å²) in [5, 5.41) is 0. The fraction of sp³-hybridized carbons (Fsp3) is 0.0476. The van der Waals surface area contributed by atoms with Gasteiger partial charge in [-0.15, -0.1) is 0 Å². The third-order valence-corrected chi connectivity index (χ3v) is 9.43. The van der Waals surface area contributed by atoms with Gasteiger partial charge in [-0.2, -0.15) is 0 Å². The summed E-state index contributed by atoms with van der Waals surface area (Å²) in [6.07, 6.45) is 0. The highest BCUT2D eigenvalue weighted by Crippen LogP contribution is 2.38. The lowest BCUT2D eigenvalue weighted by atomic mass is 9.98. The van der Waals surface area contributed by atoms with Crippen LogP contribution in [-0.4, -0.2) is 23.6 Å². The number of amides is 4. The van der Waals surface area contributed by atoms with Gasteiger partial charge in [-0.1, -0.05) is 48.5 Å². The maximum absolute atomic E-state index is 13.7. The molecule has 4 N–H and O–H groups in total. The van der Waals surface area contributed by atoms with E-state index >= 15 is 0 Å². The Morgan fingerprint density at radius 1 is 0.380 bits per heavy atom. The van der Waals surface area contributed by atoms with Gasteiger partial charge in [-0.25, -0.2) is 9.80 Å². The first-order valence-corrected chi connectivity index (χ1v) is 16.1. The number of carbonyl (C=O) groups is 4. The average molecular weight is 655 g/mol. The van der Waals surface area contributed by atoms with Gasteiger partial charge in [0.25, 0.3) is 23.6 Å². The van der Waals surface area contributed by atoms with Gasteiger partial charge in [0, 0.05) is 11.4 Å². The van der Waals surface area contributed by atoms with Crippen molar-refractivity contribution in [2.24, 2.45) is 0 Å². The van der Waals surface area contributed by atoms with Crippen LogP contribution in [0.25, 0.3) is 33.4 Å². The van der Waals surface area contributed by atoms with Crippen molar-refractivity contribution in [3.63, 3.8) is 0 Å². The monoisotopic (exact) mass is 654 g/mol. The standard InChI is InChI=1S/C42H30N4O4/c1-23-19-30(20-24(2)38(23)46-40(48)35-18-10-29(22-37(35)42(46)50)26-5-13-32(44)14-6-26)27-7-15-33(16-8-27)45-39(47)34-17-9-28(21-36(34)41(45)49)25-3-11-31(43)12-4-25/h3-22H,43-44H2,1-2H3. The minimum atomic E-state index is -0.382. The maximum atomic E-state index is 13.7. The van der Waals surface area contributed by atoms with E-state index in [1.165, 1.54) is 9.80 Å². The number of carbonyl (C=O) groups excluding carboxylic acids is 4. The van der Waals surface area contributed by atoms with Crippen LogP contribution in [0.5, 0.6) is 0 Å². The van der Waals surface area contributed by atoms with E-state index in [9.17, 15) is 19.2 Å². The van der Waals surface area contributed by atoms with Gasteiger partial charge in [-0.05, 0) is 131 Å². The molecule has 50 heavy (non-hydrogen) atoms. The summed E-state index contributed by atoms with van der Waals surface area (Å²) in [7, 11) is 0. The minimum absolute atomic E-state index is 0.352. The van der Waals surface area contributed by atoms with Gasteiger partial charge in [0.2, 0.25) is 0 Å². The van der Waals surface area contributed by atoms with Crippen molar-refractivity contribution in [2.45, 2.75) is 13.8 Å². The van der Waals surface area contributed by atoms with E-state index in [0.29, 0.717) is 45.0 Å². The van der Waals surface area contributed by atoms with Crippen LogP contribution >= 0.6 is 0 Å². The number of aryl methyl sites for hydroxylation is 2. The second-order valence-electron chi connectivity index (χ2n) is 12.7. The van der Waals surface area contributed by atoms with Crippen molar-refractivity contribution in [1.29, 1.82) is 0 Å². The van der Waals surface area contributed by atoms with E-state index < -0.39 is 0 Å². The van der Waals surface area contributed by atoms with Crippen molar-refractivity contribution in [3.8, 4) is 33.4 Å². The van der Waals surface area contributed by atoms with Gasteiger partial charge < -0.3 is 11.5 Å². The molecule has 0 radical (unpaired) electrons. The van der Waals surface area contributed by atoms with Crippen LogP contribution in [0.4, 0.5) is 22.7 Å². The molecule has 0 bridgehead atoms. The molecule has 0 aromatic heterocycles. The molecular formula is C42H30N4O4. The summed E-state index contributed by atoms with van der Waals surface area (Å²) < 4.78 is 0. The van der Waals surface area contributed by atoms with Crippen molar-refractivity contribution in [1.82, 2.24) is 0 Å². The number of rotatable bonds is 5. The maximum Gasteiger partial charge on any atom is 0.266 e. The van der Waals surface area contributed by atoms with E-state index in [2.05, 4.69) is 0 Å². The molecule has 242 valence electrons. The van der Waals surface area contributed by atoms with Crippen molar-refractivity contribution in [3.05, 3.63) is 155 Å². The predicted molar refractivity (Wildman–Crippen MR) is 196 cm³/mol. The van der Waals surface area contributed by atoms with Crippen LogP contribution in [0, 0.1) is 13.8 Å². The highest BCUT2D eigenvalue weighted by Gasteiger charge is 2.39. The summed E-state index contributed by atoms with van der Waals surface area (Å²) in [6, 6.07) is 36.4. The fourth-order valence-electron chi connectivity index (χ4n) is 6.91. The highest BCUT2D eigenvalue weighted by atomic mass is 16.2. The molecule has 8 rings (SSSR count). The second-order valence-corrected chi connectivity index (χ2v) is 12.7. The van der Waals surface area contributed by atoms with Crippen LogP contribution in [0.3, 0.4) is 0 Å². The average Bonchev–Trinajstić information content (AvgIpc) is 3.51. The Balaban J connectivity index is 1.05. The summed E-state index contributed by atoms with van der Waals surface area (Å²) in [4.78, 5) is 56.6. The van der Waals surface area contributed by atoms with Gasteiger partial charge >= 0.3 is 0 Å². The number of anilines is 4. The van der Waals surface area contributed by atoms with E-state index in [1.807, 2.05) is 74.5 Å². The molecule has 2 aliphatic heterocycles. The molecule has 2 heterocycles. The molecule has 0 atom stereocenters. The van der Waals surface area contributed by atoms with Gasteiger partial charge in [0.15, 0.2) is 0 Å². The Hall–Kier alpha value is -6.80. The Morgan fingerprint density at radius 3 is 1.22 bits per heavy atom. The highest BCUT2D eigenvalue weighted by molar-refractivity contribution is 6.36. The third-order valence-electron chi connectivity index (χ3n) is 9.43. The molecule has 0 unspecified atom stereocenters. The quantitative estimate of drug-likeness (QED) is 0.143. The smallest absolute Gasteiger partial charge is 0.266 e. The van der Waals surface area contributed by atoms with Crippen LogP contribution in [0.1, 0.15) is 52.6 Å². The van der Waals surface area contributed by atoms with Crippen LogP contribution in [0.2, 0.25) is 0 Å². The van der Waals surface area contributed by atoms with Gasteiger partial charge in [0.05, 0.1) is 33.6 Å². The number of hydrogen-bond acceptors (Lipinski definition) is 6. The molecule has 2 aliphatic rings. The second kappa shape index (κ2) is 11.4. The lowest BCUT2D eigenvalue weighted by Gasteiger charge is -2.21. The van der Waals surface area contributed by atoms with E-state index in [0.717, 1.165) is 44.5 Å². The third kappa shape index (κ3) is 4.85. The van der Waals surface area contributed by atoms with Crippen LogP contribution < -0.4 is 21.3 Å². The Kier molecular flexibility index (Phi) is 6.97. The first kappa shape index (κ1) is 30.5. The molecular weight excluding hydrogens is 624 g/mol. The summed E-state index contributed by atoms with van der Waals surface area (Å²) in [5.41, 5.74) is 22.1. The zero-order chi connectivity index (χ0) is 34.8. The molecule has 0 spiro atoms. The Labute approximate surface area is 288 Å². The number of benzene rings is 6. The molecule has 8 heteroatoms. The van der Waals surface area contributed by atoms with Crippen molar-refractivity contribution in [2.75, 3.05) is 21.3 Å². The molecule has 0 fully saturated rings. The summed E-state index contributed by atoms with van der Waals surface area (Å²) in [6.45, 7) is 3.75. The Bertz CT molecular complexity index is 2410. The largest absolute Gasteiger partial charge is 0.399 e. The summed E-state index contributed by atoms with van der Waals surface area (Å²) in [5.74, 6) is -1.49. The van der Waals surface area contributed by atoms with Crippen LogP contribution in [-0.2, 0) is 0 Å². The first-order valence-electron chi connectivity index (χ1n) is 16.1. The number of hydrogen-bond donors (Lipinski definition) is 2. The lowest BCUT2D eigenvalue weighted by molar-refractivity contribution is 0.0910. The number of nitrogens with zero attached hydrogens (tertiary/aromatic N) is 2. The molecule has 6 aromatic carbocycles. The van der Waals surface area contributed by atoms with Crippen LogP contribution in [0.15, 0.2) is 121 Å². The van der Waals surface area contributed by atoms with E-state index in [-0.39, 0.29) is 23.6 Å². The summed E-state index contributed by atoms with van der Waals surface area (Å²) >= 11 is 0. The number of fused-ring (bicyclic) bond motifs is 2. The first-order chi connectivity index (χ1) is 24.1. The topological polar surface area (TPSA) is 127 Å². The Morgan fingerprint density at radius 2 is 0.740 bits per heavy atom. The van der Waals surface area contributed by atoms with Crippen molar-refractivity contribution < 1.29 is 19.2 Å². The minimum Gasteiger partial charge on any atom is -0.399 e. The van der Waals surface area contributed by atoms with E-state index in [4.69, 9.17) is 11.5 Å². The zero-order valence-electron chi connectivity index (χ0n) is 27.2. The van der Waals surface area contributed by atoms with Crippen molar-refractivity contribution >= 4 is 46.4 Å². The molecule has 0 saturated heterocycles. The molecule has 8 nitrogen and oxygen atoms in total. The van der Waals surface area contributed by atoms with E-state index in [1.54, 1.807) is 60.7 Å². The molecule has 4 amide bonds. The molecule has 0 saturated carbocycles. The number of nitrogen functional groups attached to an aromatic ring is 2. The lowest BCUT2D eigenvalue weighted by Crippen LogP contribution is -2.30. The normalized spacial score (nSPS) is 13.6. The number of imide groups is 2. The fourth-order valence-corrected chi connectivity index (χ4v) is 6.91. The molecule has 6 aromatic rings. The van der Waals surface area contributed by atoms with Gasteiger partial charge in [-0.3, -0.25) is 19.2 Å². The molecule has 0 aliphatic carbocycles.